The van der Waals surface area contributed by atoms with Crippen LogP contribution in [-0.4, -0.2) is 44.0 Å². The zero-order valence-electron chi connectivity index (χ0n) is 14.2. The van der Waals surface area contributed by atoms with Gasteiger partial charge in [0.2, 0.25) is 0 Å². The molecule has 1 amide bonds. The predicted molar refractivity (Wildman–Crippen MR) is 91.2 cm³/mol. The number of fused-ring (bicyclic) bond motifs is 1. The van der Waals surface area contributed by atoms with Gasteiger partial charge in [0.1, 0.15) is 5.60 Å². The summed E-state index contributed by atoms with van der Waals surface area (Å²) in [6.07, 6.45) is 1.82. The Morgan fingerprint density at radius 2 is 1.78 bits per heavy atom. The van der Waals surface area contributed by atoms with Crippen molar-refractivity contribution in [3.63, 3.8) is 0 Å². The molecule has 2 heterocycles. The number of anilines is 2. The lowest BCUT2D eigenvalue weighted by molar-refractivity contribution is 0.0576. The third-order valence-corrected chi connectivity index (χ3v) is 4.29. The Hall–Kier alpha value is -1.75. The van der Waals surface area contributed by atoms with E-state index >= 15 is 0 Å². The molecule has 1 saturated heterocycles. The highest BCUT2D eigenvalue weighted by atomic mass is 16.6. The van der Waals surface area contributed by atoms with Crippen LogP contribution >= 0.6 is 0 Å². The second kappa shape index (κ2) is 6.40. The summed E-state index contributed by atoms with van der Waals surface area (Å²) in [5.41, 5.74) is 1.58. The summed E-state index contributed by atoms with van der Waals surface area (Å²) in [5.74, 6) is 0. The standard InChI is InChI=1S/C18H26N2O3/c1-18(2,3)23-17(21)20-11-10-19(14-8-12-22-13-9-14)15-6-4-5-7-16(15)20/h4-7,14H,8-13H2,1-3H3. The van der Waals surface area contributed by atoms with E-state index in [1.54, 1.807) is 4.90 Å². The van der Waals surface area contributed by atoms with Gasteiger partial charge in [0.05, 0.1) is 11.4 Å². The number of carbonyl (C=O) groups is 1. The molecule has 5 heteroatoms. The van der Waals surface area contributed by atoms with Gasteiger partial charge in [-0.15, -0.1) is 0 Å². The molecule has 0 aliphatic carbocycles. The molecular formula is C18H26N2O3. The van der Waals surface area contributed by atoms with E-state index in [0.717, 1.165) is 44.0 Å². The first-order valence-electron chi connectivity index (χ1n) is 8.40. The van der Waals surface area contributed by atoms with Crippen molar-refractivity contribution >= 4 is 17.5 Å². The van der Waals surface area contributed by atoms with Crippen LogP contribution in [0.15, 0.2) is 24.3 Å². The minimum absolute atomic E-state index is 0.267. The lowest BCUT2D eigenvalue weighted by atomic mass is 10.0. The molecule has 5 nitrogen and oxygen atoms in total. The second-order valence-corrected chi connectivity index (χ2v) is 7.16. The summed E-state index contributed by atoms with van der Waals surface area (Å²) in [6, 6.07) is 8.60. The van der Waals surface area contributed by atoms with Gasteiger partial charge in [0.15, 0.2) is 0 Å². The number of hydrogen-bond donors (Lipinski definition) is 0. The van der Waals surface area contributed by atoms with E-state index < -0.39 is 5.60 Å². The van der Waals surface area contributed by atoms with Crippen molar-refractivity contribution in [1.29, 1.82) is 0 Å². The molecule has 0 aromatic heterocycles. The molecule has 23 heavy (non-hydrogen) atoms. The first-order valence-corrected chi connectivity index (χ1v) is 8.40. The molecule has 126 valence electrons. The number of para-hydroxylation sites is 2. The Morgan fingerprint density at radius 3 is 2.43 bits per heavy atom. The Labute approximate surface area is 138 Å². The third kappa shape index (κ3) is 3.61. The fourth-order valence-corrected chi connectivity index (χ4v) is 3.27. The maximum atomic E-state index is 12.5. The number of nitrogens with zero attached hydrogens (tertiary/aromatic N) is 2. The van der Waals surface area contributed by atoms with E-state index in [4.69, 9.17) is 9.47 Å². The molecule has 1 fully saturated rings. The Balaban J connectivity index is 1.84. The fourth-order valence-electron chi connectivity index (χ4n) is 3.27. The summed E-state index contributed by atoms with van der Waals surface area (Å²) in [4.78, 5) is 16.7. The van der Waals surface area contributed by atoms with Gasteiger partial charge >= 0.3 is 6.09 Å². The minimum Gasteiger partial charge on any atom is -0.443 e. The fraction of sp³-hybridized carbons (Fsp3) is 0.611. The minimum atomic E-state index is -0.482. The molecule has 1 aromatic carbocycles. The van der Waals surface area contributed by atoms with Crippen LogP contribution in [0, 0.1) is 0 Å². The number of amides is 1. The van der Waals surface area contributed by atoms with Gasteiger partial charge in [0.25, 0.3) is 0 Å². The maximum absolute atomic E-state index is 12.5. The Morgan fingerprint density at radius 1 is 1.13 bits per heavy atom. The molecule has 0 N–H and O–H groups in total. The van der Waals surface area contributed by atoms with Crippen molar-refractivity contribution < 1.29 is 14.3 Å². The summed E-state index contributed by atoms with van der Waals surface area (Å²) in [7, 11) is 0. The van der Waals surface area contributed by atoms with Crippen LogP contribution in [0.4, 0.5) is 16.2 Å². The topological polar surface area (TPSA) is 42.0 Å². The van der Waals surface area contributed by atoms with E-state index in [2.05, 4.69) is 11.0 Å². The van der Waals surface area contributed by atoms with E-state index in [1.165, 1.54) is 0 Å². The van der Waals surface area contributed by atoms with Crippen molar-refractivity contribution in [2.75, 3.05) is 36.1 Å². The molecule has 3 rings (SSSR count). The van der Waals surface area contributed by atoms with E-state index in [9.17, 15) is 4.79 Å². The van der Waals surface area contributed by atoms with Crippen LogP contribution in [0.25, 0.3) is 0 Å². The van der Waals surface area contributed by atoms with Crippen molar-refractivity contribution in [2.24, 2.45) is 0 Å². The molecule has 0 atom stereocenters. The second-order valence-electron chi connectivity index (χ2n) is 7.16. The van der Waals surface area contributed by atoms with E-state index in [1.807, 2.05) is 39.0 Å². The van der Waals surface area contributed by atoms with Crippen LogP contribution in [-0.2, 0) is 9.47 Å². The third-order valence-electron chi connectivity index (χ3n) is 4.29. The lowest BCUT2D eigenvalue weighted by Crippen LogP contribution is -2.50. The summed E-state index contributed by atoms with van der Waals surface area (Å²) < 4.78 is 11.0. The van der Waals surface area contributed by atoms with Gasteiger partial charge in [-0.05, 0) is 45.7 Å². The number of carbonyl (C=O) groups excluding carboxylic acids is 1. The molecule has 1 aromatic rings. The zero-order chi connectivity index (χ0) is 16.4. The van der Waals surface area contributed by atoms with Crippen molar-refractivity contribution in [1.82, 2.24) is 0 Å². The Kier molecular flexibility index (Phi) is 4.48. The number of hydrogen-bond acceptors (Lipinski definition) is 4. The van der Waals surface area contributed by atoms with Gasteiger partial charge in [-0.1, -0.05) is 12.1 Å². The monoisotopic (exact) mass is 318 g/mol. The van der Waals surface area contributed by atoms with Crippen LogP contribution in [0.2, 0.25) is 0 Å². The normalized spacial score (nSPS) is 19.4. The molecule has 0 spiro atoms. The lowest BCUT2D eigenvalue weighted by Gasteiger charge is -2.43. The van der Waals surface area contributed by atoms with Gasteiger partial charge in [-0.25, -0.2) is 4.79 Å². The summed E-state index contributed by atoms with van der Waals surface area (Å²) >= 11 is 0. The van der Waals surface area contributed by atoms with E-state index in [0.29, 0.717) is 12.6 Å². The van der Waals surface area contributed by atoms with Crippen LogP contribution in [0.5, 0.6) is 0 Å². The van der Waals surface area contributed by atoms with Crippen LogP contribution in [0.1, 0.15) is 33.6 Å². The molecular weight excluding hydrogens is 292 g/mol. The number of ether oxygens (including phenoxy) is 2. The number of benzene rings is 1. The highest BCUT2D eigenvalue weighted by Crippen LogP contribution is 2.36. The average molecular weight is 318 g/mol. The molecule has 0 unspecified atom stereocenters. The van der Waals surface area contributed by atoms with Crippen molar-refractivity contribution in [2.45, 2.75) is 45.3 Å². The van der Waals surface area contributed by atoms with Crippen molar-refractivity contribution in [3.8, 4) is 0 Å². The quantitative estimate of drug-likeness (QED) is 0.795. The zero-order valence-corrected chi connectivity index (χ0v) is 14.2. The average Bonchev–Trinajstić information content (AvgIpc) is 2.53. The van der Waals surface area contributed by atoms with E-state index in [-0.39, 0.29) is 6.09 Å². The summed E-state index contributed by atoms with van der Waals surface area (Å²) in [5, 5.41) is 0. The highest BCUT2D eigenvalue weighted by Gasteiger charge is 2.33. The Bertz CT molecular complexity index is 562. The largest absolute Gasteiger partial charge is 0.443 e. The van der Waals surface area contributed by atoms with Crippen molar-refractivity contribution in [3.05, 3.63) is 24.3 Å². The van der Waals surface area contributed by atoms with Gasteiger partial charge in [0, 0.05) is 32.3 Å². The molecule has 0 bridgehead atoms. The van der Waals surface area contributed by atoms with Crippen LogP contribution < -0.4 is 9.80 Å². The summed E-state index contributed by atoms with van der Waals surface area (Å²) in [6.45, 7) is 8.82. The SMILES string of the molecule is CC(C)(C)OC(=O)N1CCN(C2CCOCC2)c2ccccc21. The molecule has 0 radical (unpaired) electrons. The number of rotatable bonds is 1. The van der Waals surface area contributed by atoms with Gasteiger partial charge in [-0.2, -0.15) is 0 Å². The predicted octanol–water partition coefficient (Wildman–Crippen LogP) is 3.43. The first-order chi connectivity index (χ1) is 11.0. The highest BCUT2D eigenvalue weighted by molar-refractivity contribution is 5.93. The van der Waals surface area contributed by atoms with Gasteiger partial charge < -0.3 is 14.4 Å². The molecule has 0 saturated carbocycles. The van der Waals surface area contributed by atoms with Crippen LogP contribution in [0.3, 0.4) is 0 Å². The smallest absolute Gasteiger partial charge is 0.414 e. The first kappa shape index (κ1) is 16.1. The molecule has 2 aliphatic heterocycles. The maximum Gasteiger partial charge on any atom is 0.414 e. The van der Waals surface area contributed by atoms with Gasteiger partial charge in [-0.3, -0.25) is 4.90 Å². The molecule has 2 aliphatic rings.